The second-order valence-electron chi connectivity index (χ2n) is 6.74. The highest BCUT2D eigenvalue weighted by molar-refractivity contribution is 6.31. The average molecular weight is 423 g/mol. The van der Waals surface area contributed by atoms with Gasteiger partial charge in [0.05, 0.1) is 17.7 Å². The van der Waals surface area contributed by atoms with Gasteiger partial charge in [0.2, 0.25) is 0 Å². The molecule has 1 aliphatic heterocycles. The largest absolute Gasteiger partial charge is 0.311 e. The lowest BCUT2D eigenvalue weighted by molar-refractivity contribution is 0.184. The maximum atomic E-state index is 6.17. The monoisotopic (exact) mass is 421 g/mol. The quantitative estimate of drug-likeness (QED) is 0.486. The van der Waals surface area contributed by atoms with E-state index in [4.69, 9.17) is 28.2 Å². The molecule has 6 heteroatoms. The lowest BCUT2D eigenvalue weighted by Crippen LogP contribution is -2.32. The normalized spacial score (nSPS) is 15.3. The van der Waals surface area contributed by atoms with Crippen molar-refractivity contribution in [2.75, 3.05) is 13.1 Å². The van der Waals surface area contributed by atoms with Crippen LogP contribution in [0.3, 0.4) is 0 Å². The van der Waals surface area contributed by atoms with Gasteiger partial charge >= 0.3 is 0 Å². The molecule has 27 heavy (non-hydrogen) atoms. The molecule has 0 atom stereocenters. The molecule has 1 aromatic heterocycles. The summed E-state index contributed by atoms with van der Waals surface area (Å²) in [7, 11) is 0. The van der Waals surface area contributed by atoms with Crippen molar-refractivity contribution in [1.29, 1.82) is 0 Å². The van der Waals surface area contributed by atoms with E-state index in [1.165, 1.54) is 19.3 Å². The number of hydrogen-bond acceptors (Lipinski definition) is 2. The summed E-state index contributed by atoms with van der Waals surface area (Å²) in [4.78, 5) is 7.31. The molecule has 1 fully saturated rings. The van der Waals surface area contributed by atoms with Crippen molar-refractivity contribution in [1.82, 2.24) is 14.5 Å². The highest BCUT2D eigenvalue weighted by atomic mass is 35.5. The van der Waals surface area contributed by atoms with Crippen LogP contribution in [-0.4, -0.2) is 27.5 Å². The van der Waals surface area contributed by atoms with Crippen LogP contribution in [0.2, 0.25) is 10.0 Å². The van der Waals surface area contributed by atoms with Crippen LogP contribution in [0.5, 0.6) is 0 Å². The van der Waals surface area contributed by atoms with Crippen molar-refractivity contribution in [3.63, 3.8) is 0 Å². The molecule has 1 aliphatic rings. The fraction of sp³-hybridized carbons (Fsp3) is 0.286. The predicted octanol–water partition coefficient (Wildman–Crippen LogP) is 6.38. The van der Waals surface area contributed by atoms with Gasteiger partial charge in [0.1, 0.15) is 5.82 Å². The first-order chi connectivity index (χ1) is 12.7. The summed E-state index contributed by atoms with van der Waals surface area (Å²) in [6.45, 7) is 3.15. The molecule has 2 aromatic carbocycles. The molecule has 0 bridgehead atoms. The third-order valence-corrected chi connectivity index (χ3v) is 5.31. The molecule has 4 rings (SSSR count). The van der Waals surface area contributed by atoms with E-state index < -0.39 is 0 Å². The molecule has 142 valence electrons. The summed E-state index contributed by atoms with van der Waals surface area (Å²) in [5.74, 6) is 0.947. The minimum Gasteiger partial charge on any atom is -0.311 e. The number of halogens is 3. The van der Waals surface area contributed by atoms with Crippen LogP contribution in [0.25, 0.3) is 23.2 Å². The third-order valence-electron chi connectivity index (χ3n) is 4.82. The molecular weight excluding hydrogens is 401 g/mol. The van der Waals surface area contributed by atoms with E-state index >= 15 is 0 Å². The highest BCUT2D eigenvalue weighted by Gasteiger charge is 2.15. The second-order valence-corrected chi connectivity index (χ2v) is 7.61. The van der Waals surface area contributed by atoms with Gasteiger partial charge in [-0.25, -0.2) is 4.98 Å². The Morgan fingerprint density at radius 2 is 1.59 bits per heavy atom. The van der Waals surface area contributed by atoms with Crippen LogP contribution in [0.4, 0.5) is 0 Å². The highest BCUT2D eigenvalue weighted by Crippen LogP contribution is 2.23. The Morgan fingerprint density at radius 1 is 0.889 bits per heavy atom. The molecular formula is C21H22Cl3N3. The van der Waals surface area contributed by atoms with Gasteiger partial charge in [0, 0.05) is 10.0 Å². The van der Waals surface area contributed by atoms with Crippen molar-refractivity contribution in [2.45, 2.75) is 25.9 Å². The van der Waals surface area contributed by atoms with Crippen molar-refractivity contribution < 1.29 is 0 Å². The summed E-state index contributed by atoms with van der Waals surface area (Å²) in [6.07, 6.45) is 8.02. The maximum absolute atomic E-state index is 6.17. The minimum atomic E-state index is 0. The summed E-state index contributed by atoms with van der Waals surface area (Å²) >= 11 is 12.1. The molecule has 0 spiro atoms. The Bertz CT molecular complexity index is 926. The van der Waals surface area contributed by atoms with Crippen molar-refractivity contribution in [2.24, 2.45) is 0 Å². The number of piperidine rings is 1. The van der Waals surface area contributed by atoms with E-state index in [9.17, 15) is 0 Å². The lowest BCUT2D eigenvalue weighted by Gasteiger charge is -2.27. The molecule has 3 aromatic rings. The number of nitrogens with zero attached hydrogens (tertiary/aromatic N) is 3. The molecule has 2 heterocycles. The van der Waals surface area contributed by atoms with Gasteiger partial charge in [-0.1, -0.05) is 47.8 Å². The van der Waals surface area contributed by atoms with Gasteiger partial charge in [-0.3, -0.25) is 4.90 Å². The number of imidazole rings is 1. The van der Waals surface area contributed by atoms with Crippen LogP contribution in [0, 0.1) is 0 Å². The van der Waals surface area contributed by atoms with Gasteiger partial charge in [-0.05, 0) is 67.9 Å². The average Bonchev–Trinajstić information content (AvgIpc) is 2.98. The Hall–Kier alpha value is -1.52. The van der Waals surface area contributed by atoms with E-state index in [0.717, 1.165) is 47.2 Å². The van der Waals surface area contributed by atoms with Gasteiger partial charge in [-0.15, -0.1) is 12.4 Å². The molecule has 0 unspecified atom stereocenters. The van der Waals surface area contributed by atoms with Gasteiger partial charge in [0.25, 0.3) is 0 Å². The van der Waals surface area contributed by atoms with Crippen molar-refractivity contribution >= 4 is 58.8 Å². The lowest BCUT2D eigenvalue weighted by atomic mass is 10.1. The standard InChI is InChI=1S/C21H21Cl2N3.ClH/c22-17-7-4-16(5-8-17)6-11-21-24-19-14-18(23)9-10-20(19)26(21)15-25-12-2-1-3-13-25;/h4-11,14H,1-3,12-13,15H2;1H/b11-6+;. The van der Waals surface area contributed by atoms with Crippen LogP contribution in [0.15, 0.2) is 42.5 Å². The van der Waals surface area contributed by atoms with Crippen LogP contribution >= 0.6 is 35.6 Å². The van der Waals surface area contributed by atoms with Crippen molar-refractivity contribution in [3.8, 4) is 0 Å². The van der Waals surface area contributed by atoms with Gasteiger partial charge < -0.3 is 4.57 Å². The second kappa shape index (κ2) is 9.11. The first-order valence-electron chi connectivity index (χ1n) is 9.01. The summed E-state index contributed by atoms with van der Waals surface area (Å²) in [6, 6.07) is 13.7. The SMILES string of the molecule is Cl.Clc1ccc(/C=C/c2nc3cc(Cl)ccc3n2CN2CCCCC2)cc1. The van der Waals surface area contributed by atoms with E-state index in [0.29, 0.717) is 5.02 Å². The number of likely N-dealkylation sites (tertiary alicyclic amines) is 1. The van der Waals surface area contributed by atoms with E-state index in [2.05, 4.69) is 27.7 Å². The number of fused-ring (bicyclic) bond motifs is 1. The molecule has 0 radical (unpaired) electrons. The zero-order chi connectivity index (χ0) is 17.9. The van der Waals surface area contributed by atoms with Gasteiger partial charge in [0.15, 0.2) is 0 Å². The van der Waals surface area contributed by atoms with Crippen LogP contribution < -0.4 is 0 Å². The first kappa shape index (κ1) is 20.2. The topological polar surface area (TPSA) is 21.1 Å². The van der Waals surface area contributed by atoms with E-state index in [1.54, 1.807) is 0 Å². The summed E-state index contributed by atoms with van der Waals surface area (Å²) in [5, 5.41) is 1.46. The zero-order valence-electron chi connectivity index (χ0n) is 14.9. The smallest absolute Gasteiger partial charge is 0.134 e. The van der Waals surface area contributed by atoms with E-state index in [-0.39, 0.29) is 12.4 Å². The molecule has 0 amide bonds. The number of hydrogen-bond donors (Lipinski definition) is 0. The minimum absolute atomic E-state index is 0. The molecule has 3 nitrogen and oxygen atoms in total. The number of rotatable bonds is 4. The molecule has 0 N–H and O–H groups in total. The van der Waals surface area contributed by atoms with E-state index in [1.807, 2.05) is 36.4 Å². The first-order valence-corrected chi connectivity index (χ1v) is 9.76. The zero-order valence-corrected chi connectivity index (χ0v) is 17.3. The Labute approximate surface area is 176 Å². The van der Waals surface area contributed by atoms with Crippen molar-refractivity contribution in [3.05, 3.63) is 63.9 Å². The maximum Gasteiger partial charge on any atom is 0.134 e. The third kappa shape index (κ3) is 4.85. The number of aromatic nitrogens is 2. The predicted molar refractivity (Wildman–Crippen MR) is 118 cm³/mol. The summed E-state index contributed by atoms with van der Waals surface area (Å²) in [5.41, 5.74) is 3.16. The van der Waals surface area contributed by atoms with Crippen LogP contribution in [0.1, 0.15) is 30.7 Å². The fourth-order valence-electron chi connectivity index (χ4n) is 3.44. The molecule has 0 saturated carbocycles. The Balaban J connectivity index is 0.00000210. The molecule has 1 saturated heterocycles. The fourth-order valence-corrected chi connectivity index (χ4v) is 3.74. The summed E-state index contributed by atoms with van der Waals surface area (Å²) < 4.78 is 2.28. The van der Waals surface area contributed by atoms with Gasteiger partial charge in [-0.2, -0.15) is 0 Å². The van der Waals surface area contributed by atoms with Crippen LogP contribution in [-0.2, 0) is 6.67 Å². The Kier molecular flexibility index (Phi) is 6.83. The Morgan fingerprint density at radius 3 is 2.33 bits per heavy atom. The number of benzene rings is 2. The molecule has 0 aliphatic carbocycles.